The molecule has 2 atom stereocenters. The molecule has 0 bridgehead atoms. The molecule has 2 aliphatic rings. The van der Waals surface area contributed by atoms with Crippen LogP contribution in [-0.2, 0) is 6.54 Å². The summed E-state index contributed by atoms with van der Waals surface area (Å²) in [4.78, 5) is 3.83. The molecular formula is C17H22N2OS. The van der Waals surface area contributed by atoms with Gasteiger partial charge in [0.1, 0.15) is 0 Å². The summed E-state index contributed by atoms with van der Waals surface area (Å²) < 4.78 is 5.52. The zero-order valence-corrected chi connectivity index (χ0v) is 13.1. The Morgan fingerprint density at radius 2 is 2.14 bits per heavy atom. The maximum absolute atomic E-state index is 5.52. The molecule has 1 aliphatic carbocycles. The summed E-state index contributed by atoms with van der Waals surface area (Å²) in [6.45, 7) is 2.18. The van der Waals surface area contributed by atoms with Crippen LogP contribution in [0.1, 0.15) is 44.2 Å². The van der Waals surface area contributed by atoms with Crippen LogP contribution >= 0.6 is 11.3 Å². The molecule has 3 nitrogen and oxygen atoms in total. The molecule has 1 aliphatic heterocycles. The van der Waals surface area contributed by atoms with Crippen molar-refractivity contribution < 1.29 is 4.52 Å². The van der Waals surface area contributed by atoms with Gasteiger partial charge in [0, 0.05) is 18.7 Å². The number of piperidine rings is 1. The van der Waals surface area contributed by atoms with E-state index in [-0.39, 0.29) is 0 Å². The van der Waals surface area contributed by atoms with E-state index in [1.807, 2.05) is 0 Å². The van der Waals surface area contributed by atoms with Gasteiger partial charge in [0.15, 0.2) is 5.76 Å². The second-order valence-corrected chi connectivity index (χ2v) is 7.33. The Hall–Kier alpha value is -1.13. The second kappa shape index (κ2) is 5.93. The summed E-state index contributed by atoms with van der Waals surface area (Å²) in [6.07, 6.45) is 8.41. The van der Waals surface area contributed by atoms with E-state index in [4.69, 9.17) is 4.52 Å². The molecule has 1 saturated heterocycles. The van der Waals surface area contributed by atoms with Gasteiger partial charge in [-0.2, -0.15) is 0 Å². The Morgan fingerprint density at radius 1 is 1.24 bits per heavy atom. The van der Waals surface area contributed by atoms with Crippen LogP contribution in [0.4, 0.5) is 0 Å². The van der Waals surface area contributed by atoms with Gasteiger partial charge in [-0.25, -0.2) is 0 Å². The van der Waals surface area contributed by atoms with Gasteiger partial charge in [-0.05, 0) is 49.6 Å². The van der Waals surface area contributed by atoms with Crippen LogP contribution in [0.25, 0.3) is 10.6 Å². The fourth-order valence-corrected chi connectivity index (χ4v) is 4.73. The number of hydrogen-bond acceptors (Lipinski definition) is 4. The van der Waals surface area contributed by atoms with Crippen LogP contribution in [-0.4, -0.2) is 22.6 Å². The van der Waals surface area contributed by atoms with E-state index in [0.29, 0.717) is 0 Å². The molecule has 112 valence electrons. The smallest absolute Gasteiger partial charge is 0.177 e. The van der Waals surface area contributed by atoms with Gasteiger partial charge in [-0.1, -0.05) is 24.1 Å². The van der Waals surface area contributed by atoms with Gasteiger partial charge in [-0.15, -0.1) is 11.3 Å². The topological polar surface area (TPSA) is 29.3 Å². The van der Waals surface area contributed by atoms with Crippen molar-refractivity contribution in [1.29, 1.82) is 0 Å². The summed E-state index contributed by atoms with van der Waals surface area (Å²) in [6, 6.07) is 7.06. The molecular weight excluding hydrogens is 280 g/mol. The summed E-state index contributed by atoms with van der Waals surface area (Å²) in [5.74, 6) is 1.84. The third kappa shape index (κ3) is 2.79. The first-order valence-corrected chi connectivity index (χ1v) is 9.01. The molecule has 0 N–H and O–H groups in total. The first kappa shape index (κ1) is 13.5. The fraction of sp³-hybridized carbons (Fsp3) is 0.588. The standard InChI is InChI=1S/C17H22N2OS/c1-2-7-15-13(5-1)6-3-9-19(15)12-14-11-16(20-18-14)17-8-4-10-21-17/h4,8,10-11,13,15H,1-3,5-7,9,12H2/t13-,15-/m0/s1. The van der Waals surface area contributed by atoms with Crippen LogP contribution in [0.3, 0.4) is 0 Å². The third-order valence-corrected chi connectivity index (χ3v) is 5.93. The maximum Gasteiger partial charge on any atom is 0.177 e. The van der Waals surface area contributed by atoms with Gasteiger partial charge in [0.2, 0.25) is 0 Å². The van der Waals surface area contributed by atoms with Crippen LogP contribution in [0.2, 0.25) is 0 Å². The fourth-order valence-electron chi connectivity index (χ4n) is 4.05. The first-order valence-electron chi connectivity index (χ1n) is 8.14. The average Bonchev–Trinajstić information content (AvgIpc) is 3.18. The molecule has 2 aromatic heterocycles. The van der Waals surface area contributed by atoms with Crippen LogP contribution in [0.15, 0.2) is 28.1 Å². The normalized spacial score (nSPS) is 26.7. The van der Waals surface area contributed by atoms with Crippen molar-refractivity contribution in [2.24, 2.45) is 5.92 Å². The summed E-state index contributed by atoms with van der Waals surface area (Å²) in [5.41, 5.74) is 1.09. The highest BCUT2D eigenvalue weighted by Gasteiger charge is 2.33. The lowest BCUT2D eigenvalue weighted by molar-refractivity contribution is 0.0530. The quantitative estimate of drug-likeness (QED) is 0.832. The van der Waals surface area contributed by atoms with Crippen molar-refractivity contribution in [3.63, 3.8) is 0 Å². The zero-order valence-electron chi connectivity index (χ0n) is 12.3. The van der Waals surface area contributed by atoms with E-state index in [9.17, 15) is 0 Å². The van der Waals surface area contributed by atoms with Crippen molar-refractivity contribution >= 4 is 11.3 Å². The number of rotatable bonds is 3. The Labute approximate surface area is 129 Å². The molecule has 3 heterocycles. The zero-order chi connectivity index (χ0) is 14.1. The van der Waals surface area contributed by atoms with Crippen molar-refractivity contribution in [2.75, 3.05) is 6.54 Å². The van der Waals surface area contributed by atoms with Gasteiger partial charge in [0.05, 0.1) is 10.6 Å². The highest BCUT2D eigenvalue weighted by Crippen LogP contribution is 2.36. The van der Waals surface area contributed by atoms with Crippen LogP contribution < -0.4 is 0 Å². The largest absolute Gasteiger partial charge is 0.355 e. The summed E-state index contributed by atoms with van der Waals surface area (Å²) in [7, 11) is 0. The molecule has 0 radical (unpaired) electrons. The Balaban J connectivity index is 1.47. The van der Waals surface area contributed by atoms with Crippen molar-refractivity contribution in [3.8, 4) is 10.6 Å². The number of nitrogens with zero attached hydrogens (tertiary/aromatic N) is 2. The van der Waals surface area contributed by atoms with Crippen LogP contribution in [0, 0.1) is 5.92 Å². The van der Waals surface area contributed by atoms with E-state index < -0.39 is 0 Å². The van der Waals surface area contributed by atoms with E-state index >= 15 is 0 Å². The highest BCUT2D eigenvalue weighted by molar-refractivity contribution is 7.13. The van der Waals surface area contributed by atoms with E-state index in [1.54, 1.807) is 11.3 Å². The van der Waals surface area contributed by atoms with Gasteiger partial charge >= 0.3 is 0 Å². The Bertz CT molecular complexity index is 575. The number of thiophene rings is 1. The van der Waals surface area contributed by atoms with Crippen LogP contribution in [0.5, 0.6) is 0 Å². The predicted molar refractivity (Wildman–Crippen MR) is 85.2 cm³/mol. The lowest BCUT2D eigenvalue weighted by atomic mass is 9.78. The molecule has 0 aromatic carbocycles. The molecule has 0 amide bonds. The summed E-state index contributed by atoms with van der Waals surface area (Å²) in [5, 5.41) is 6.37. The predicted octanol–water partition coefficient (Wildman–Crippen LogP) is 4.56. The molecule has 21 heavy (non-hydrogen) atoms. The first-order chi connectivity index (χ1) is 10.4. The molecule has 1 saturated carbocycles. The monoisotopic (exact) mass is 302 g/mol. The number of fused-ring (bicyclic) bond motifs is 1. The molecule has 4 rings (SSSR count). The number of aromatic nitrogens is 1. The summed E-state index contributed by atoms with van der Waals surface area (Å²) >= 11 is 1.71. The molecule has 0 spiro atoms. The highest BCUT2D eigenvalue weighted by atomic mass is 32.1. The lowest BCUT2D eigenvalue weighted by Crippen LogP contribution is -2.46. The van der Waals surface area contributed by atoms with E-state index in [0.717, 1.165) is 30.0 Å². The SMILES string of the molecule is c1csc(-c2cc(CN3CCC[C@@H]4CCCC[C@@H]43)no2)c1. The minimum atomic E-state index is 0.786. The third-order valence-electron chi connectivity index (χ3n) is 5.05. The molecule has 2 aromatic rings. The van der Waals surface area contributed by atoms with Crippen molar-refractivity contribution in [2.45, 2.75) is 51.1 Å². The average molecular weight is 302 g/mol. The molecule has 2 fully saturated rings. The van der Waals surface area contributed by atoms with Crippen molar-refractivity contribution in [1.82, 2.24) is 10.1 Å². The number of hydrogen-bond donors (Lipinski definition) is 0. The van der Waals surface area contributed by atoms with Gasteiger partial charge < -0.3 is 4.52 Å². The molecule has 0 unspecified atom stereocenters. The number of likely N-dealkylation sites (tertiary alicyclic amines) is 1. The van der Waals surface area contributed by atoms with Gasteiger partial charge in [0.25, 0.3) is 0 Å². The second-order valence-electron chi connectivity index (χ2n) is 6.38. The minimum absolute atomic E-state index is 0.786. The van der Waals surface area contributed by atoms with E-state index in [2.05, 4.69) is 33.6 Å². The molecule has 4 heteroatoms. The van der Waals surface area contributed by atoms with E-state index in [1.165, 1.54) is 49.9 Å². The van der Waals surface area contributed by atoms with Gasteiger partial charge in [-0.3, -0.25) is 4.90 Å². The Kier molecular flexibility index (Phi) is 3.82. The minimum Gasteiger partial charge on any atom is -0.355 e. The van der Waals surface area contributed by atoms with Crippen molar-refractivity contribution in [3.05, 3.63) is 29.3 Å². The lowest BCUT2D eigenvalue weighted by Gasteiger charge is -2.43. The maximum atomic E-state index is 5.52. The Morgan fingerprint density at radius 3 is 3.05 bits per heavy atom.